The van der Waals surface area contributed by atoms with Gasteiger partial charge in [-0.3, -0.25) is 15.8 Å². The second-order valence-electron chi connectivity index (χ2n) is 7.98. The van der Waals surface area contributed by atoms with E-state index in [0.29, 0.717) is 17.5 Å². The van der Waals surface area contributed by atoms with Gasteiger partial charge < -0.3 is 11.1 Å². The molecular formula is C27H26N6. The minimum atomic E-state index is 0.561. The van der Waals surface area contributed by atoms with Crippen LogP contribution in [0.3, 0.4) is 0 Å². The molecule has 0 aromatic heterocycles. The van der Waals surface area contributed by atoms with Gasteiger partial charge >= 0.3 is 0 Å². The van der Waals surface area contributed by atoms with Crippen molar-refractivity contribution in [3.63, 3.8) is 0 Å². The number of rotatable bonds is 5. The van der Waals surface area contributed by atoms with Crippen molar-refractivity contribution in [2.45, 2.75) is 12.8 Å². The number of guanidine groups is 1. The number of nitrogens with two attached hydrogens (primary N) is 1. The zero-order valence-corrected chi connectivity index (χ0v) is 18.3. The molecule has 0 saturated heterocycles. The van der Waals surface area contributed by atoms with Crippen LogP contribution in [0.15, 0.2) is 120 Å². The molecule has 0 fully saturated rings. The summed E-state index contributed by atoms with van der Waals surface area (Å²) < 4.78 is 0. The first-order valence-electron chi connectivity index (χ1n) is 10.9. The van der Waals surface area contributed by atoms with Gasteiger partial charge in [0.25, 0.3) is 0 Å². The monoisotopic (exact) mass is 434 g/mol. The van der Waals surface area contributed by atoms with Gasteiger partial charge in [0.2, 0.25) is 5.96 Å². The summed E-state index contributed by atoms with van der Waals surface area (Å²) in [5.41, 5.74) is 17.6. The van der Waals surface area contributed by atoms with Crippen LogP contribution in [-0.2, 0) is 0 Å². The molecule has 3 aromatic rings. The molecule has 6 nitrogen and oxygen atoms in total. The summed E-state index contributed by atoms with van der Waals surface area (Å²) in [4.78, 5) is 6.98. The van der Waals surface area contributed by atoms with Crippen LogP contribution in [0.5, 0.6) is 0 Å². The van der Waals surface area contributed by atoms with Gasteiger partial charge in [0, 0.05) is 22.3 Å². The van der Waals surface area contributed by atoms with E-state index in [-0.39, 0.29) is 0 Å². The van der Waals surface area contributed by atoms with E-state index in [1.165, 1.54) is 0 Å². The number of nitrogens with zero attached hydrogens (tertiary/aromatic N) is 2. The van der Waals surface area contributed by atoms with Crippen LogP contribution >= 0.6 is 0 Å². The minimum absolute atomic E-state index is 0.561. The summed E-state index contributed by atoms with van der Waals surface area (Å²) in [6.07, 6.45) is 6.32. The summed E-state index contributed by atoms with van der Waals surface area (Å²) in [7, 11) is 0. The van der Waals surface area contributed by atoms with Gasteiger partial charge in [-0.25, -0.2) is 4.99 Å². The second-order valence-corrected chi connectivity index (χ2v) is 7.98. The lowest BCUT2D eigenvalue weighted by atomic mass is 9.98. The molecule has 0 radical (unpaired) electrons. The van der Waals surface area contributed by atoms with Crippen LogP contribution < -0.4 is 26.8 Å². The molecule has 2 aliphatic rings. The van der Waals surface area contributed by atoms with Crippen molar-refractivity contribution in [3.8, 4) is 0 Å². The molecule has 1 heterocycles. The van der Waals surface area contributed by atoms with Crippen LogP contribution in [0.1, 0.15) is 12.8 Å². The first-order chi connectivity index (χ1) is 16.1. The summed E-state index contributed by atoms with van der Waals surface area (Å²) in [5, 5.41) is 5.48. The zero-order chi connectivity index (χ0) is 22.8. The largest absolute Gasteiger partial charge is 0.399 e. The molecule has 0 atom stereocenters. The molecule has 1 aliphatic heterocycles. The highest BCUT2D eigenvalue weighted by Crippen LogP contribution is 2.37. The van der Waals surface area contributed by atoms with Crippen molar-refractivity contribution >= 4 is 33.8 Å². The lowest BCUT2D eigenvalue weighted by Crippen LogP contribution is -2.49. The maximum atomic E-state index is 5.88. The third-order valence-electron chi connectivity index (χ3n) is 5.66. The molecular weight excluding hydrogens is 408 g/mol. The Hall–Kier alpha value is -4.45. The number of fused-ring (bicyclic) bond motifs is 2. The van der Waals surface area contributed by atoms with E-state index in [1.807, 2.05) is 36.4 Å². The SMILES string of the molecule is C=C(NNC1=NC2=CCCC=C2C(=C)N1c1cccc2ccccc12)Nc1cccc(N)c1. The molecule has 0 unspecified atom stereocenters. The molecule has 5 N–H and O–H groups in total. The van der Waals surface area contributed by atoms with Crippen LogP contribution in [0.4, 0.5) is 17.1 Å². The normalized spacial score (nSPS) is 15.2. The topological polar surface area (TPSA) is 77.7 Å². The Labute approximate surface area is 193 Å². The van der Waals surface area contributed by atoms with Crippen molar-refractivity contribution in [2.24, 2.45) is 4.99 Å². The predicted octanol–water partition coefficient (Wildman–Crippen LogP) is 5.39. The molecule has 5 rings (SSSR count). The Morgan fingerprint density at radius 1 is 0.970 bits per heavy atom. The number of hydrogen-bond acceptors (Lipinski definition) is 6. The van der Waals surface area contributed by atoms with Gasteiger partial charge in [-0.1, -0.05) is 67.8 Å². The highest BCUT2D eigenvalue weighted by molar-refractivity contribution is 6.09. The Morgan fingerprint density at radius 2 is 1.76 bits per heavy atom. The number of hydrazine groups is 1. The number of benzene rings is 3. The van der Waals surface area contributed by atoms with Crippen molar-refractivity contribution in [2.75, 3.05) is 16.0 Å². The first kappa shape index (κ1) is 20.5. The first-order valence-corrected chi connectivity index (χ1v) is 10.9. The second kappa shape index (κ2) is 8.59. The molecule has 3 aromatic carbocycles. The number of allylic oxidation sites excluding steroid dienone is 2. The smallest absolute Gasteiger partial charge is 0.227 e. The molecule has 0 amide bonds. The standard InChI is InChI=1S/C27H26N6/c1-18-23-13-5-6-15-25(23)30-27(32-31-19(2)29-22-12-8-11-21(28)17-22)33(18)26-16-7-10-20-9-3-4-14-24(20)26/h3-4,7-17,29,31H,1-2,5-6,28H2,(H,30,32). The maximum absolute atomic E-state index is 5.88. The summed E-state index contributed by atoms with van der Waals surface area (Å²) in [6, 6.07) is 22.1. The van der Waals surface area contributed by atoms with Crippen LogP contribution in [0, 0.1) is 0 Å². The average molecular weight is 435 g/mol. The van der Waals surface area contributed by atoms with Gasteiger partial charge in [0.05, 0.1) is 17.1 Å². The third-order valence-corrected chi connectivity index (χ3v) is 5.66. The number of aliphatic imine (C=N–C) groups is 1. The third kappa shape index (κ3) is 4.06. The summed E-state index contributed by atoms with van der Waals surface area (Å²) >= 11 is 0. The quantitative estimate of drug-likeness (QED) is 0.320. The molecule has 1 aliphatic carbocycles. The Morgan fingerprint density at radius 3 is 2.64 bits per heavy atom. The summed E-state index contributed by atoms with van der Waals surface area (Å²) in [6.45, 7) is 8.50. The van der Waals surface area contributed by atoms with Gasteiger partial charge in [0.15, 0.2) is 0 Å². The molecule has 33 heavy (non-hydrogen) atoms. The van der Waals surface area contributed by atoms with Gasteiger partial charge in [-0.15, -0.1) is 0 Å². The Bertz CT molecular complexity index is 1340. The van der Waals surface area contributed by atoms with E-state index < -0.39 is 0 Å². The minimum Gasteiger partial charge on any atom is -0.399 e. The fourth-order valence-electron chi connectivity index (χ4n) is 4.15. The highest BCUT2D eigenvalue weighted by Gasteiger charge is 2.29. The number of nitrogens with one attached hydrogen (secondary N) is 3. The molecule has 0 spiro atoms. The van der Waals surface area contributed by atoms with Crippen molar-refractivity contribution in [1.82, 2.24) is 10.9 Å². The van der Waals surface area contributed by atoms with Crippen molar-refractivity contribution in [1.29, 1.82) is 0 Å². The Balaban J connectivity index is 1.47. The van der Waals surface area contributed by atoms with Crippen LogP contribution in [0.2, 0.25) is 0 Å². The number of anilines is 3. The predicted molar refractivity (Wildman–Crippen MR) is 138 cm³/mol. The van der Waals surface area contributed by atoms with Gasteiger partial charge in [0.1, 0.15) is 5.82 Å². The summed E-state index contributed by atoms with van der Waals surface area (Å²) in [5.74, 6) is 1.18. The van der Waals surface area contributed by atoms with E-state index in [2.05, 4.69) is 76.7 Å². The Kier molecular flexibility index (Phi) is 5.32. The molecule has 0 saturated carbocycles. The fraction of sp³-hybridized carbons (Fsp3) is 0.0741. The highest BCUT2D eigenvalue weighted by atomic mass is 15.5. The van der Waals surface area contributed by atoms with E-state index in [1.54, 1.807) is 0 Å². The van der Waals surface area contributed by atoms with Crippen molar-refractivity contribution in [3.05, 3.63) is 115 Å². The molecule has 164 valence electrons. The fourth-order valence-corrected chi connectivity index (χ4v) is 4.15. The van der Waals surface area contributed by atoms with E-state index >= 15 is 0 Å². The lowest BCUT2D eigenvalue weighted by molar-refractivity contribution is 0.754. The van der Waals surface area contributed by atoms with E-state index in [9.17, 15) is 0 Å². The van der Waals surface area contributed by atoms with Crippen molar-refractivity contribution < 1.29 is 0 Å². The van der Waals surface area contributed by atoms with E-state index in [0.717, 1.165) is 52.0 Å². The van der Waals surface area contributed by atoms with E-state index in [4.69, 9.17) is 10.7 Å². The van der Waals surface area contributed by atoms with Crippen LogP contribution in [0.25, 0.3) is 10.8 Å². The maximum Gasteiger partial charge on any atom is 0.227 e. The average Bonchev–Trinajstić information content (AvgIpc) is 2.83. The zero-order valence-electron chi connectivity index (χ0n) is 18.3. The number of nitrogen functional groups attached to an aromatic ring is 1. The molecule has 6 heteroatoms. The number of hydrogen-bond donors (Lipinski definition) is 4. The lowest BCUT2D eigenvalue weighted by Gasteiger charge is -2.35. The molecule has 0 bridgehead atoms. The van der Waals surface area contributed by atoms with Crippen LogP contribution in [-0.4, -0.2) is 5.96 Å². The van der Waals surface area contributed by atoms with Gasteiger partial charge in [-0.2, -0.15) is 0 Å². The van der Waals surface area contributed by atoms with Gasteiger partial charge in [-0.05, 0) is 42.5 Å².